The standard InChI is InChI=1S/C13H19ClFNO/c1-10(9-16-6-7-17-2)8-11-4-3-5-12(15)13(11)14/h3-5,10,16H,6-9H2,1-2H3. The van der Waals surface area contributed by atoms with Crippen molar-refractivity contribution in [3.8, 4) is 0 Å². The molecule has 0 aliphatic heterocycles. The minimum absolute atomic E-state index is 0.247. The van der Waals surface area contributed by atoms with Gasteiger partial charge in [-0.05, 0) is 30.5 Å². The number of hydrogen-bond donors (Lipinski definition) is 1. The van der Waals surface area contributed by atoms with Crippen LogP contribution in [0.25, 0.3) is 0 Å². The van der Waals surface area contributed by atoms with E-state index in [4.69, 9.17) is 16.3 Å². The normalized spacial score (nSPS) is 12.7. The number of hydrogen-bond acceptors (Lipinski definition) is 2. The van der Waals surface area contributed by atoms with Gasteiger partial charge in [0.25, 0.3) is 0 Å². The van der Waals surface area contributed by atoms with E-state index < -0.39 is 0 Å². The van der Waals surface area contributed by atoms with Crippen LogP contribution in [0.3, 0.4) is 0 Å². The van der Waals surface area contributed by atoms with Gasteiger partial charge in [0.2, 0.25) is 0 Å². The molecule has 1 atom stereocenters. The molecule has 0 bridgehead atoms. The van der Waals surface area contributed by atoms with Crippen LogP contribution in [0.2, 0.25) is 5.02 Å². The van der Waals surface area contributed by atoms with E-state index in [1.54, 1.807) is 13.2 Å². The molecule has 0 aliphatic rings. The lowest BCUT2D eigenvalue weighted by Crippen LogP contribution is -2.25. The van der Waals surface area contributed by atoms with Gasteiger partial charge in [0.15, 0.2) is 0 Å². The SMILES string of the molecule is COCCNCC(C)Cc1cccc(F)c1Cl. The van der Waals surface area contributed by atoms with E-state index in [0.29, 0.717) is 12.5 Å². The lowest BCUT2D eigenvalue weighted by atomic mass is 10.0. The van der Waals surface area contributed by atoms with E-state index >= 15 is 0 Å². The molecule has 0 fully saturated rings. The van der Waals surface area contributed by atoms with Crippen LogP contribution in [0.4, 0.5) is 4.39 Å². The Bertz CT molecular complexity index is 346. The van der Waals surface area contributed by atoms with Crippen LogP contribution in [0.5, 0.6) is 0 Å². The zero-order valence-electron chi connectivity index (χ0n) is 10.3. The molecular formula is C13H19ClFNO. The fourth-order valence-electron chi connectivity index (χ4n) is 1.68. The molecule has 0 saturated carbocycles. The summed E-state index contributed by atoms with van der Waals surface area (Å²) in [4.78, 5) is 0. The van der Waals surface area contributed by atoms with Crippen LogP contribution in [-0.2, 0) is 11.2 Å². The van der Waals surface area contributed by atoms with Crippen molar-refractivity contribution in [3.63, 3.8) is 0 Å². The fraction of sp³-hybridized carbons (Fsp3) is 0.538. The number of halogens is 2. The number of rotatable bonds is 7. The van der Waals surface area contributed by atoms with Crippen molar-refractivity contribution in [2.24, 2.45) is 5.92 Å². The third-order valence-corrected chi connectivity index (χ3v) is 3.00. The van der Waals surface area contributed by atoms with E-state index in [1.807, 2.05) is 6.07 Å². The summed E-state index contributed by atoms with van der Waals surface area (Å²) in [5.41, 5.74) is 0.868. The molecule has 2 nitrogen and oxygen atoms in total. The molecule has 96 valence electrons. The molecule has 0 saturated heterocycles. The van der Waals surface area contributed by atoms with Crippen molar-refractivity contribution in [2.45, 2.75) is 13.3 Å². The average molecular weight is 260 g/mol. The fourth-order valence-corrected chi connectivity index (χ4v) is 1.88. The molecule has 0 radical (unpaired) electrons. The lowest BCUT2D eigenvalue weighted by molar-refractivity contribution is 0.198. The van der Waals surface area contributed by atoms with Crippen molar-refractivity contribution in [3.05, 3.63) is 34.6 Å². The molecule has 0 spiro atoms. The molecule has 0 aliphatic carbocycles. The second kappa shape index (κ2) is 7.64. The summed E-state index contributed by atoms with van der Waals surface area (Å²) in [7, 11) is 1.68. The van der Waals surface area contributed by atoms with Crippen LogP contribution in [-0.4, -0.2) is 26.8 Å². The van der Waals surface area contributed by atoms with Crippen molar-refractivity contribution in [1.82, 2.24) is 5.32 Å². The molecule has 0 heterocycles. The maximum atomic E-state index is 13.2. The Morgan fingerprint density at radius 2 is 2.24 bits per heavy atom. The van der Waals surface area contributed by atoms with Crippen LogP contribution < -0.4 is 5.32 Å². The van der Waals surface area contributed by atoms with Gasteiger partial charge in [-0.3, -0.25) is 0 Å². The van der Waals surface area contributed by atoms with E-state index in [9.17, 15) is 4.39 Å². The first-order valence-electron chi connectivity index (χ1n) is 5.77. The van der Waals surface area contributed by atoms with Gasteiger partial charge in [-0.1, -0.05) is 30.7 Å². The predicted octanol–water partition coefficient (Wildman–Crippen LogP) is 2.89. The Kier molecular flexibility index (Phi) is 6.48. The molecule has 1 N–H and O–H groups in total. The predicted molar refractivity (Wildman–Crippen MR) is 69.0 cm³/mol. The first kappa shape index (κ1) is 14.4. The van der Waals surface area contributed by atoms with Crippen LogP contribution in [0, 0.1) is 11.7 Å². The van der Waals surface area contributed by atoms with Gasteiger partial charge < -0.3 is 10.1 Å². The third kappa shape index (κ3) is 5.02. The van der Waals surface area contributed by atoms with Gasteiger partial charge in [-0.15, -0.1) is 0 Å². The van der Waals surface area contributed by atoms with E-state index in [2.05, 4.69) is 12.2 Å². The molecule has 4 heteroatoms. The minimum atomic E-state index is -0.344. The summed E-state index contributed by atoms with van der Waals surface area (Å²) >= 11 is 5.91. The highest BCUT2D eigenvalue weighted by atomic mass is 35.5. The summed E-state index contributed by atoms with van der Waals surface area (Å²) in [6.07, 6.45) is 0.774. The number of benzene rings is 1. The first-order chi connectivity index (χ1) is 8.15. The zero-order valence-corrected chi connectivity index (χ0v) is 11.1. The van der Waals surface area contributed by atoms with Crippen LogP contribution in [0.1, 0.15) is 12.5 Å². The second-order valence-electron chi connectivity index (χ2n) is 4.22. The summed E-state index contributed by atoms with van der Waals surface area (Å²) in [5.74, 6) is 0.0647. The number of nitrogens with one attached hydrogen (secondary N) is 1. The summed E-state index contributed by atoms with van der Waals surface area (Å²) in [5, 5.41) is 3.53. The van der Waals surface area contributed by atoms with Crippen molar-refractivity contribution in [1.29, 1.82) is 0 Å². The van der Waals surface area contributed by atoms with Crippen molar-refractivity contribution < 1.29 is 9.13 Å². The van der Waals surface area contributed by atoms with E-state index in [-0.39, 0.29) is 10.8 Å². The summed E-state index contributed by atoms with van der Waals surface area (Å²) < 4.78 is 18.2. The maximum Gasteiger partial charge on any atom is 0.142 e. The van der Waals surface area contributed by atoms with E-state index in [1.165, 1.54) is 6.07 Å². The van der Waals surface area contributed by atoms with Gasteiger partial charge in [-0.2, -0.15) is 0 Å². The average Bonchev–Trinajstić information content (AvgIpc) is 2.31. The van der Waals surface area contributed by atoms with Crippen LogP contribution >= 0.6 is 11.6 Å². The Morgan fingerprint density at radius 1 is 1.47 bits per heavy atom. The summed E-state index contributed by atoms with van der Waals surface area (Å²) in [6, 6.07) is 4.95. The smallest absolute Gasteiger partial charge is 0.142 e. The molecule has 1 aromatic rings. The Labute approximate surface area is 107 Å². The molecule has 1 unspecified atom stereocenters. The largest absolute Gasteiger partial charge is 0.383 e. The highest BCUT2D eigenvalue weighted by Gasteiger charge is 2.09. The van der Waals surface area contributed by atoms with Gasteiger partial charge in [0.05, 0.1) is 11.6 Å². The Balaban J connectivity index is 2.39. The Hall–Kier alpha value is -0.640. The van der Waals surface area contributed by atoms with Crippen molar-refractivity contribution >= 4 is 11.6 Å². The van der Waals surface area contributed by atoms with Gasteiger partial charge in [0, 0.05) is 13.7 Å². The first-order valence-corrected chi connectivity index (χ1v) is 6.15. The van der Waals surface area contributed by atoms with Crippen LogP contribution in [0.15, 0.2) is 18.2 Å². The molecule has 17 heavy (non-hydrogen) atoms. The highest BCUT2D eigenvalue weighted by molar-refractivity contribution is 6.31. The molecule has 0 aromatic heterocycles. The number of methoxy groups -OCH3 is 1. The maximum absolute atomic E-state index is 13.2. The summed E-state index contributed by atoms with van der Waals surface area (Å²) in [6.45, 7) is 4.52. The third-order valence-electron chi connectivity index (χ3n) is 2.58. The van der Waals surface area contributed by atoms with E-state index in [0.717, 1.165) is 25.1 Å². The second-order valence-corrected chi connectivity index (χ2v) is 4.60. The number of ether oxygens (including phenoxy) is 1. The van der Waals surface area contributed by atoms with Crippen molar-refractivity contribution in [2.75, 3.05) is 26.8 Å². The quantitative estimate of drug-likeness (QED) is 0.761. The lowest BCUT2D eigenvalue weighted by Gasteiger charge is -2.13. The molecule has 1 rings (SSSR count). The molecule has 0 amide bonds. The molecular weight excluding hydrogens is 241 g/mol. The topological polar surface area (TPSA) is 21.3 Å². The Morgan fingerprint density at radius 3 is 2.94 bits per heavy atom. The van der Waals surface area contributed by atoms with Gasteiger partial charge in [-0.25, -0.2) is 4.39 Å². The minimum Gasteiger partial charge on any atom is -0.383 e. The highest BCUT2D eigenvalue weighted by Crippen LogP contribution is 2.22. The molecule has 1 aromatic carbocycles. The van der Waals surface area contributed by atoms with Gasteiger partial charge >= 0.3 is 0 Å². The van der Waals surface area contributed by atoms with Gasteiger partial charge in [0.1, 0.15) is 5.82 Å². The zero-order chi connectivity index (χ0) is 12.7. The monoisotopic (exact) mass is 259 g/mol.